The summed E-state index contributed by atoms with van der Waals surface area (Å²) in [6, 6.07) is 45.5. The minimum Gasteiger partial charge on any atom is -0.455 e. The maximum atomic E-state index is 9.77. The third-order valence-electron chi connectivity index (χ3n) is 8.55. The van der Waals surface area contributed by atoms with Gasteiger partial charge in [-0.15, -0.1) is 0 Å². The lowest BCUT2D eigenvalue weighted by Crippen LogP contribution is -1.98. The minimum absolute atomic E-state index is 0.607. The monoisotopic (exact) mass is 548 g/mol. The summed E-state index contributed by atoms with van der Waals surface area (Å²) in [5, 5.41) is 25.6. The van der Waals surface area contributed by atoms with E-state index in [2.05, 4.69) is 75.9 Å². The van der Waals surface area contributed by atoms with Gasteiger partial charge in [0.15, 0.2) is 0 Å². The molecule has 0 bridgehead atoms. The van der Waals surface area contributed by atoms with Crippen molar-refractivity contribution in [3.63, 3.8) is 0 Å². The van der Waals surface area contributed by atoms with Crippen molar-refractivity contribution in [3.8, 4) is 23.5 Å². The zero-order valence-corrected chi connectivity index (χ0v) is 22.7. The van der Waals surface area contributed by atoms with Crippen LogP contribution in [0.25, 0.3) is 76.9 Å². The van der Waals surface area contributed by atoms with Crippen LogP contribution in [0.1, 0.15) is 11.1 Å². The van der Waals surface area contributed by atoms with E-state index in [1.165, 1.54) is 0 Å². The van der Waals surface area contributed by atoms with Crippen molar-refractivity contribution in [2.45, 2.75) is 0 Å². The number of fused-ring (bicyclic) bond motifs is 10. The van der Waals surface area contributed by atoms with Crippen molar-refractivity contribution >= 4 is 65.6 Å². The number of hydrogen-bond acceptors (Lipinski definition) is 3. The second-order valence-electron chi connectivity index (χ2n) is 10.8. The number of furan rings is 1. The molecular weight excluding hydrogens is 528 g/mol. The van der Waals surface area contributed by atoms with Gasteiger partial charge in [0.25, 0.3) is 0 Å². The van der Waals surface area contributed by atoms with Crippen LogP contribution in [0, 0.1) is 22.7 Å². The third kappa shape index (κ3) is 3.19. The number of nitrogens with zero attached hydrogens (tertiary/aromatic N) is 4. The second kappa shape index (κ2) is 8.60. The SMILES string of the molecule is N#Cc1ccc2c(c1)c1ccccc1n2-c1cccc(-n2c3ccc(C#N)cc3c3c4oc5ccccc5c4ccc32)c1. The molecule has 0 spiro atoms. The van der Waals surface area contributed by atoms with Crippen LogP contribution in [0.15, 0.2) is 126 Å². The molecule has 0 radical (unpaired) electrons. The molecule has 0 N–H and O–H groups in total. The molecule has 5 nitrogen and oxygen atoms in total. The van der Waals surface area contributed by atoms with E-state index in [9.17, 15) is 10.5 Å². The Morgan fingerprint density at radius 3 is 1.84 bits per heavy atom. The maximum absolute atomic E-state index is 9.77. The van der Waals surface area contributed by atoms with Crippen LogP contribution in [0.2, 0.25) is 0 Å². The lowest BCUT2D eigenvalue weighted by Gasteiger charge is -2.13. The molecule has 9 aromatic rings. The fourth-order valence-electron chi connectivity index (χ4n) is 6.73. The number of para-hydroxylation sites is 2. The Morgan fingerprint density at radius 1 is 0.465 bits per heavy atom. The summed E-state index contributed by atoms with van der Waals surface area (Å²) < 4.78 is 11.0. The average molecular weight is 549 g/mol. The molecule has 0 atom stereocenters. The zero-order valence-electron chi connectivity index (χ0n) is 22.7. The molecule has 43 heavy (non-hydrogen) atoms. The predicted molar refractivity (Wildman–Crippen MR) is 172 cm³/mol. The van der Waals surface area contributed by atoms with Crippen LogP contribution in [0.4, 0.5) is 0 Å². The summed E-state index contributed by atoms with van der Waals surface area (Å²) in [6.07, 6.45) is 0. The fourth-order valence-corrected chi connectivity index (χ4v) is 6.73. The molecule has 0 unspecified atom stereocenters. The molecule has 9 rings (SSSR count). The smallest absolute Gasteiger partial charge is 0.145 e. The second-order valence-corrected chi connectivity index (χ2v) is 10.8. The van der Waals surface area contributed by atoms with E-state index in [1.54, 1.807) is 0 Å². The van der Waals surface area contributed by atoms with Crippen LogP contribution in [-0.2, 0) is 0 Å². The molecule has 0 amide bonds. The Labute approximate surface area is 245 Å². The van der Waals surface area contributed by atoms with Crippen molar-refractivity contribution < 1.29 is 4.42 Å². The van der Waals surface area contributed by atoms with Crippen LogP contribution >= 0.6 is 0 Å². The van der Waals surface area contributed by atoms with Crippen LogP contribution < -0.4 is 0 Å². The van der Waals surface area contributed by atoms with Crippen molar-refractivity contribution in [2.24, 2.45) is 0 Å². The van der Waals surface area contributed by atoms with Gasteiger partial charge in [-0.3, -0.25) is 0 Å². The van der Waals surface area contributed by atoms with E-state index >= 15 is 0 Å². The van der Waals surface area contributed by atoms with Gasteiger partial charge in [-0.2, -0.15) is 10.5 Å². The first-order chi connectivity index (χ1) is 21.2. The van der Waals surface area contributed by atoms with E-state index in [-0.39, 0.29) is 0 Å². The van der Waals surface area contributed by atoms with E-state index in [0.29, 0.717) is 11.1 Å². The first-order valence-corrected chi connectivity index (χ1v) is 14.1. The first-order valence-electron chi connectivity index (χ1n) is 14.1. The fraction of sp³-hybridized carbons (Fsp3) is 0. The Balaban J connectivity index is 1.36. The molecule has 5 heteroatoms. The van der Waals surface area contributed by atoms with Gasteiger partial charge in [-0.05, 0) is 78.9 Å². The molecule has 198 valence electrons. The number of nitriles is 2. The van der Waals surface area contributed by atoms with Crippen molar-refractivity contribution in [1.82, 2.24) is 9.13 Å². The Hall–Kier alpha value is -6.30. The molecule has 3 heterocycles. The lowest BCUT2D eigenvalue weighted by molar-refractivity contribution is 0.673. The topological polar surface area (TPSA) is 70.6 Å². The lowest BCUT2D eigenvalue weighted by atomic mass is 10.1. The Morgan fingerprint density at radius 2 is 1.07 bits per heavy atom. The minimum atomic E-state index is 0.607. The molecule has 0 aliphatic heterocycles. The van der Waals surface area contributed by atoms with Crippen LogP contribution in [0.5, 0.6) is 0 Å². The molecule has 0 saturated heterocycles. The molecule has 3 aromatic heterocycles. The van der Waals surface area contributed by atoms with E-state index in [0.717, 1.165) is 76.9 Å². The van der Waals surface area contributed by atoms with Gasteiger partial charge in [-0.25, -0.2) is 0 Å². The summed E-state index contributed by atoms with van der Waals surface area (Å²) >= 11 is 0. The third-order valence-corrected chi connectivity index (χ3v) is 8.55. The molecule has 0 aliphatic carbocycles. The maximum Gasteiger partial charge on any atom is 0.145 e. The highest BCUT2D eigenvalue weighted by atomic mass is 16.3. The van der Waals surface area contributed by atoms with Gasteiger partial charge in [-0.1, -0.05) is 42.5 Å². The number of benzene rings is 6. The Kier molecular flexibility index (Phi) is 4.68. The molecule has 6 aromatic carbocycles. The summed E-state index contributed by atoms with van der Waals surface area (Å²) in [5.74, 6) is 0. The normalized spacial score (nSPS) is 11.7. The molecule has 0 saturated carbocycles. The highest BCUT2D eigenvalue weighted by Gasteiger charge is 2.20. The number of hydrogen-bond donors (Lipinski definition) is 0. The summed E-state index contributed by atoms with van der Waals surface area (Å²) in [5.41, 5.74) is 9.06. The first kappa shape index (κ1) is 23.4. The number of aromatic nitrogens is 2. The van der Waals surface area contributed by atoms with Gasteiger partial charge in [0, 0.05) is 38.3 Å². The van der Waals surface area contributed by atoms with Crippen LogP contribution in [0.3, 0.4) is 0 Å². The van der Waals surface area contributed by atoms with E-state index < -0.39 is 0 Å². The molecule has 0 aliphatic rings. The van der Waals surface area contributed by atoms with Crippen LogP contribution in [-0.4, -0.2) is 9.13 Å². The standard InChI is InChI=1S/C38H20N4O/c39-21-23-12-15-33-30(18-23)27-8-1-3-10-32(27)41(33)25-6-5-7-26(20-25)42-34-16-13-24(22-40)19-31(34)37-35(42)17-14-29-28-9-2-4-11-36(28)43-38(29)37/h1-20H. The quantitative estimate of drug-likeness (QED) is 0.216. The zero-order chi connectivity index (χ0) is 28.7. The van der Waals surface area contributed by atoms with E-state index in [1.807, 2.05) is 66.7 Å². The van der Waals surface area contributed by atoms with Gasteiger partial charge in [0.05, 0.1) is 50.7 Å². The molecular formula is C38H20N4O. The summed E-state index contributed by atoms with van der Waals surface area (Å²) in [4.78, 5) is 0. The summed E-state index contributed by atoms with van der Waals surface area (Å²) in [7, 11) is 0. The van der Waals surface area contributed by atoms with Crippen molar-refractivity contribution in [2.75, 3.05) is 0 Å². The van der Waals surface area contributed by atoms with Crippen molar-refractivity contribution in [3.05, 3.63) is 132 Å². The summed E-state index contributed by atoms with van der Waals surface area (Å²) in [6.45, 7) is 0. The molecule has 0 fully saturated rings. The number of rotatable bonds is 2. The Bertz CT molecular complexity index is 2710. The van der Waals surface area contributed by atoms with Gasteiger partial charge in [0.1, 0.15) is 11.2 Å². The van der Waals surface area contributed by atoms with Gasteiger partial charge < -0.3 is 13.6 Å². The predicted octanol–water partition coefficient (Wildman–Crippen LogP) is 9.52. The average Bonchev–Trinajstić information content (AvgIpc) is 3.71. The van der Waals surface area contributed by atoms with Gasteiger partial charge in [0.2, 0.25) is 0 Å². The van der Waals surface area contributed by atoms with E-state index in [4.69, 9.17) is 4.42 Å². The largest absolute Gasteiger partial charge is 0.455 e. The highest BCUT2D eigenvalue weighted by Crippen LogP contribution is 2.41. The van der Waals surface area contributed by atoms with Gasteiger partial charge >= 0.3 is 0 Å². The highest BCUT2D eigenvalue weighted by molar-refractivity contribution is 6.24. The van der Waals surface area contributed by atoms with Crippen molar-refractivity contribution in [1.29, 1.82) is 10.5 Å².